The minimum absolute atomic E-state index is 0.0348. The number of rotatable bonds is 9. The van der Waals surface area contributed by atoms with Gasteiger partial charge in [0.15, 0.2) is 11.5 Å². The fourth-order valence-corrected chi connectivity index (χ4v) is 8.34. The van der Waals surface area contributed by atoms with Gasteiger partial charge in [-0.15, -0.1) is 0 Å². The second-order valence-electron chi connectivity index (χ2n) is 13.2. The molecular formula is C38H38N2O8. The van der Waals surface area contributed by atoms with Crippen molar-refractivity contribution in [3.63, 3.8) is 0 Å². The lowest BCUT2D eigenvalue weighted by Gasteiger charge is -2.44. The first kappa shape index (κ1) is 31.5. The van der Waals surface area contributed by atoms with Gasteiger partial charge >= 0.3 is 0 Å². The summed E-state index contributed by atoms with van der Waals surface area (Å²) in [7, 11) is 0. The number of hydrogen-bond donors (Lipinski definition) is 3. The third-order valence-electron chi connectivity index (χ3n) is 10.6. The molecule has 2 saturated heterocycles. The molecule has 48 heavy (non-hydrogen) atoms. The van der Waals surface area contributed by atoms with E-state index >= 15 is 0 Å². The number of benzene rings is 3. The first-order valence-corrected chi connectivity index (χ1v) is 16.6. The first-order chi connectivity index (χ1) is 23.2. The van der Waals surface area contributed by atoms with Gasteiger partial charge in [0.05, 0.1) is 30.3 Å². The van der Waals surface area contributed by atoms with E-state index in [1.54, 1.807) is 60.7 Å². The summed E-state index contributed by atoms with van der Waals surface area (Å²) in [5, 5.41) is 29.8. The van der Waals surface area contributed by atoms with Gasteiger partial charge in [0.2, 0.25) is 23.6 Å². The number of nitrogens with zero attached hydrogens (tertiary/aromatic N) is 2. The summed E-state index contributed by atoms with van der Waals surface area (Å²) in [6, 6.07) is 18.3. The summed E-state index contributed by atoms with van der Waals surface area (Å²) in [6.45, 7) is 2.52. The molecule has 3 aromatic carbocycles. The maximum absolute atomic E-state index is 14.2. The molecule has 3 aromatic rings. The van der Waals surface area contributed by atoms with Crippen LogP contribution in [0.1, 0.15) is 42.4 Å². The number of ether oxygens (including phenoxy) is 1. The van der Waals surface area contributed by atoms with Gasteiger partial charge in [-0.25, -0.2) is 0 Å². The van der Waals surface area contributed by atoms with Gasteiger partial charge in [-0.2, -0.15) is 0 Å². The Bertz CT molecular complexity index is 1800. The van der Waals surface area contributed by atoms with Crippen LogP contribution in [0.4, 0.5) is 0 Å². The minimum atomic E-state index is -0.701. The number of imide groups is 2. The number of hydrogen-bond acceptors (Lipinski definition) is 8. The second kappa shape index (κ2) is 12.5. The molecule has 2 aliphatic heterocycles. The minimum Gasteiger partial charge on any atom is -0.508 e. The fraction of sp³-hybridized carbons (Fsp3) is 0.368. The standard InChI is InChI=1S/C38H38N2O8/c1-2-48-31-19-23(7-14-30(31)43)32-26-12-13-27-33(37(46)39(35(27)44)17-15-21-3-8-24(41)9-4-21)28(26)20-29-34(32)38(47)40(36(29)45)18-16-22-5-10-25(42)11-6-22/h3-12,14,19,27-29,32-34,41-43H,2,13,15-18,20H2,1H3. The van der Waals surface area contributed by atoms with E-state index in [9.17, 15) is 34.5 Å². The Morgan fingerprint density at radius 1 is 0.688 bits per heavy atom. The van der Waals surface area contributed by atoms with Gasteiger partial charge in [0, 0.05) is 19.0 Å². The molecule has 0 radical (unpaired) electrons. The highest BCUT2D eigenvalue weighted by molar-refractivity contribution is 6.08. The Morgan fingerprint density at radius 3 is 1.83 bits per heavy atom. The van der Waals surface area contributed by atoms with E-state index in [1.807, 2.05) is 13.0 Å². The van der Waals surface area contributed by atoms with Crippen molar-refractivity contribution < 1.29 is 39.2 Å². The second-order valence-corrected chi connectivity index (χ2v) is 13.2. The van der Waals surface area contributed by atoms with Crippen LogP contribution in [0, 0.1) is 29.6 Å². The summed E-state index contributed by atoms with van der Waals surface area (Å²) in [5.74, 6) is -4.02. The van der Waals surface area contributed by atoms with Crippen LogP contribution >= 0.6 is 0 Å². The summed E-state index contributed by atoms with van der Waals surface area (Å²) < 4.78 is 5.70. The molecule has 248 valence electrons. The van der Waals surface area contributed by atoms with Gasteiger partial charge in [-0.3, -0.25) is 29.0 Å². The van der Waals surface area contributed by atoms with E-state index in [4.69, 9.17) is 4.74 Å². The quantitative estimate of drug-likeness (QED) is 0.230. The SMILES string of the molecule is CCOc1cc(C2C3=CCC4C(=O)N(CCc5ccc(O)cc5)C(=O)C4C3CC3C(=O)N(CCc4ccc(O)cc4)C(=O)C32)ccc1O. The lowest BCUT2D eigenvalue weighted by Crippen LogP contribution is -2.43. The summed E-state index contributed by atoms with van der Waals surface area (Å²) in [6.07, 6.45) is 3.52. The van der Waals surface area contributed by atoms with E-state index in [-0.39, 0.29) is 66.1 Å². The van der Waals surface area contributed by atoms with Crippen LogP contribution < -0.4 is 4.74 Å². The van der Waals surface area contributed by atoms with Gasteiger partial charge in [-0.1, -0.05) is 42.0 Å². The molecule has 4 amide bonds. The average Bonchev–Trinajstić information content (AvgIpc) is 3.47. The molecule has 6 atom stereocenters. The molecule has 10 nitrogen and oxygen atoms in total. The molecule has 4 aliphatic rings. The zero-order valence-corrected chi connectivity index (χ0v) is 26.6. The molecule has 0 aromatic heterocycles. The average molecular weight is 651 g/mol. The Balaban J connectivity index is 1.21. The molecule has 0 bridgehead atoms. The molecule has 2 heterocycles. The largest absolute Gasteiger partial charge is 0.508 e. The molecule has 7 rings (SSSR count). The number of carbonyl (C=O) groups excluding carboxylic acids is 4. The molecule has 0 spiro atoms. The highest BCUT2D eigenvalue weighted by Gasteiger charge is 2.61. The van der Waals surface area contributed by atoms with Crippen molar-refractivity contribution in [1.82, 2.24) is 9.80 Å². The van der Waals surface area contributed by atoms with Crippen molar-refractivity contribution >= 4 is 23.6 Å². The molecular weight excluding hydrogens is 612 g/mol. The number of aromatic hydroxyl groups is 3. The van der Waals surface area contributed by atoms with Crippen LogP contribution in [0.15, 0.2) is 78.4 Å². The van der Waals surface area contributed by atoms with E-state index in [1.165, 1.54) is 15.9 Å². The van der Waals surface area contributed by atoms with E-state index in [2.05, 4.69) is 0 Å². The molecule has 1 saturated carbocycles. The number of phenols is 3. The lowest BCUT2D eigenvalue weighted by atomic mass is 9.57. The topological polar surface area (TPSA) is 145 Å². The van der Waals surface area contributed by atoms with Crippen molar-refractivity contribution in [2.24, 2.45) is 29.6 Å². The Hall–Kier alpha value is -5.12. The van der Waals surface area contributed by atoms with Crippen molar-refractivity contribution in [2.75, 3.05) is 19.7 Å². The number of amides is 4. The van der Waals surface area contributed by atoms with Crippen LogP contribution in [0.2, 0.25) is 0 Å². The maximum atomic E-state index is 14.2. The van der Waals surface area contributed by atoms with E-state index in [0.29, 0.717) is 31.4 Å². The van der Waals surface area contributed by atoms with Gasteiger partial charge in [-0.05, 0) is 91.6 Å². The van der Waals surface area contributed by atoms with Crippen molar-refractivity contribution in [2.45, 2.75) is 38.5 Å². The lowest BCUT2D eigenvalue weighted by molar-refractivity contribution is -0.142. The van der Waals surface area contributed by atoms with Gasteiger partial charge in [0.1, 0.15) is 11.5 Å². The maximum Gasteiger partial charge on any atom is 0.234 e. The number of fused-ring (bicyclic) bond motifs is 4. The van der Waals surface area contributed by atoms with Crippen molar-refractivity contribution in [3.8, 4) is 23.0 Å². The Morgan fingerprint density at radius 2 is 1.25 bits per heavy atom. The highest BCUT2D eigenvalue weighted by atomic mass is 16.5. The van der Waals surface area contributed by atoms with Crippen LogP contribution in [-0.4, -0.2) is 68.4 Å². The van der Waals surface area contributed by atoms with Crippen molar-refractivity contribution in [1.29, 1.82) is 0 Å². The fourth-order valence-electron chi connectivity index (χ4n) is 8.34. The van der Waals surface area contributed by atoms with Crippen molar-refractivity contribution in [3.05, 3.63) is 95.1 Å². The summed E-state index contributed by atoms with van der Waals surface area (Å²) in [4.78, 5) is 58.8. The smallest absolute Gasteiger partial charge is 0.234 e. The Kier molecular flexibility index (Phi) is 8.19. The highest BCUT2D eigenvalue weighted by Crippen LogP contribution is 2.58. The number of likely N-dealkylation sites (tertiary alicyclic amines) is 2. The first-order valence-electron chi connectivity index (χ1n) is 16.6. The zero-order valence-electron chi connectivity index (χ0n) is 26.6. The van der Waals surface area contributed by atoms with Gasteiger partial charge in [0.25, 0.3) is 0 Å². The number of allylic oxidation sites excluding steroid dienone is 2. The van der Waals surface area contributed by atoms with E-state index < -0.39 is 35.5 Å². The predicted molar refractivity (Wildman–Crippen MR) is 174 cm³/mol. The third-order valence-corrected chi connectivity index (χ3v) is 10.6. The monoisotopic (exact) mass is 650 g/mol. The van der Waals surface area contributed by atoms with Crippen LogP contribution in [0.5, 0.6) is 23.0 Å². The molecule has 3 N–H and O–H groups in total. The zero-order chi connectivity index (χ0) is 33.7. The predicted octanol–water partition coefficient (Wildman–Crippen LogP) is 4.32. The molecule has 3 fully saturated rings. The molecule has 6 unspecified atom stereocenters. The van der Waals surface area contributed by atoms with Gasteiger partial charge < -0.3 is 20.1 Å². The number of carbonyl (C=O) groups is 4. The van der Waals surface area contributed by atoms with E-state index in [0.717, 1.165) is 16.7 Å². The van der Waals surface area contributed by atoms with Crippen LogP contribution in [-0.2, 0) is 32.0 Å². The Labute approximate surface area is 278 Å². The third kappa shape index (κ3) is 5.38. The molecule has 10 heteroatoms. The summed E-state index contributed by atoms with van der Waals surface area (Å²) in [5.41, 5.74) is 3.36. The number of phenolic OH excluding ortho intramolecular Hbond substituents is 3. The normalized spacial score (nSPS) is 26.3. The summed E-state index contributed by atoms with van der Waals surface area (Å²) >= 11 is 0. The molecule has 2 aliphatic carbocycles. The van der Waals surface area contributed by atoms with Crippen LogP contribution in [0.3, 0.4) is 0 Å². The van der Waals surface area contributed by atoms with Crippen LogP contribution in [0.25, 0.3) is 0 Å².